The van der Waals surface area contributed by atoms with E-state index in [0.717, 1.165) is 43.4 Å². The van der Waals surface area contributed by atoms with Crippen LogP contribution in [0.2, 0.25) is 0 Å². The number of hydrogen-bond donors (Lipinski definition) is 1. The van der Waals surface area contributed by atoms with E-state index in [1.165, 1.54) is 12.0 Å². The molecule has 4 atom stereocenters. The van der Waals surface area contributed by atoms with Gasteiger partial charge in [0, 0.05) is 31.0 Å². The third kappa shape index (κ3) is 3.33. The number of nitrogens with one attached hydrogen (secondary N) is 1. The van der Waals surface area contributed by atoms with E-state index in [-0.39, 0.29) is 6.10 Å². The smallest absolute Gasteiger partial charge is 0.117 e. The van der Waals surface area contributed by atoms with Crippen LogP contribution in [0.25, 0.3) is 0 Å². The Morgan fingerprint density at radius 1 is 1.22 bits per heavy atom. The number of furan rings is 1. The number of rotatable bonds is 5. The van der Waals surface area contributed by atoms with Crippen LogP contribution in [0.5, 0.6) is 0 Å². The third-order valence-corrected chi connectivity index (χ3v) is 5.05. The molecule has 4 rings (SSSR count). The summed E-state index contributed by atoms with van der Waals surface area (Å²) >= 11 is 0. The highest BCUT2D eigenvalue weighted by atomic mass is 16.5. The Labute approximate surface area is 137 Å². The first kappa shape index (κ1) is 14.9. The van der Waals surface area contributed by atoms with Crippen molar-refractivity contribution in [3.63, 3.8) is 0 Å². The average Bonchev–Trinajstić information content (AvgIpc) is 3.15. The predicted octanol–water partition coefficient (Wildman–Crippen LogP) is 3.81. The van der Waals surface area contributed by atoms with Crippen molar-refractivity contribution < 1.29 is 9.15 Å². The molecule has 1 N–H and O–H groups in total. The molecule has 2 aromatic heterocycles. The van der Waals surface area contributed by atoms with E-state index in [9.17, 15) is 0 Å². The van der Waals surface area contributed by atoms with Gasteiger partial charge in [0.05, 0.1) is 12.6 Å². The second kappa shape index (κ2) is 6.46. The van der Waals surface area contributed by atoms with Crippen LogP contribution in [0, 0.1) is 5.92 Å². The molecule has 1 aliphatic carbocycles. The largest absolute Gasteiger partial charge is 0.464 e. The van der Waals surface area contributed by atoms with Crippen LogP contribution in [0.3, 0.4) is 0 Å². The zero-order valence-corrected chi connectivity index (χ0v) is 13.6. The van der Waals surface area contributed by atoms with Crippen LogP contribution >= 0.6 is 0 Å². The number of ether oxygens (including phenoxy) is 1. The van der Waals surface area contributed by atoms with Gasteiger partial charge in [-0.1, -0.05) is 6.92 Å². The van der Waals surface area contributed by atoms with Crippen molar-refractivity contribution in [3.05, 3.63) is 53.7 Å². The second-order valence-corrected chi connectivity index (χ2v) is 6.83. The Morgan fingerprint density at radius 2 is 2.04 bits per heavy atom. The van der Waals surface area contributed by atoms with Crippen LogP contribution in [0.15, 0.2) is 41.1 Å². The van der Waals surface area contributed by atoms with Crippen molar-refractivity contribution in [3.8, 4) is 0 Å². The van der Waals surface area contributed by atoms with Gasteiger partial charge in [0.15, 0.2) is 0 Å². The molecule has 4 heteroatoms. The van der Waals surface area contributed by atoms with Gasteiger partial charge in [-0.2, -0.15) is 0 Å². The van der Waals surface area contributed by atoms with Crippen molar-refractivity contribution in [1.29, 1.82) is 0 Å². The molecule has 0 spiro atoms. The molecule has 0 radical (unpaired) electrons. The summed E-state index contributed by atoms with van der Waals surface area (Å²) in [6.07, 6.45) is 7.26. The molecule has 2 fully saturated rings. The maximum Gasteiger partial charge on any atom is 0.117 e. The number of hydrogen-bond acceptors (Lipinski definition) is 4. The summed E-state index contributed by atoms with van der Waals surface area (Å²) in [7, 11) is 0. The number of aromatic nitrogens is 1. The van der Waals surface area contributed by atoms with Crippen LogP contribution in [0.4, 0.5) is 0 Å². The molecule has 0 bridgehead atoms. The predicted molar refractivity (Wildman–Crippen MR) is 88.0 cm³/mol. The highest BCUT2D eigenvalue weighted by molar-refractivity contribution is 5.18. The second-order valence-electron chi connectivity index (χ2n) is 6.83. The standard InChI is InChI=1S/C19H24N2O2/c1-13-11-16(13)18-5-4-15(23-18)12-21-17-3-2-10-22-19(17)14-6-8-20-9-7-14/h4-9,13,16-17,19,21H,2-3,10-12H2,1H3/t13-,16+,17+,19-/m1/s1. The van der Waals surface area contributed by atoms with Crippen molar-refractivity contribution in [2.75, 3.05) is 6.61 Å². The Bertz CT molecular complexity index is 640. The fourth-order valence-corrected chi connectivity index (χ4v) is 3.51. The maximum absolute atomic E-state index is 6.01. The van der Waals surface area contributed by atoms with Crippen LogP contribution in [-0.4, -0.2) is 17.6 Å². The molecule has 0 aromatic carbocycles. The van der Waals surface area contributed by atoms with E-state index in [1.807, 2.05) is 24.5 Å². The highest BCUT2D eigenvalue weighted by Crippen LogP contribution is 2.47. The lowest BCUT2D eigenvalue weighted by molar-refractivity contribution is -0.0116. The molecule has 0 amide bonds. The van der Waals surface area contributed by atoms with Gasteiger partial charge in [-0.15, -0.1) is 0 Å². The summed E-state index contributed by atoms with van der Waals surface area (Å²) in [5.74, 6) is 3.61. The van der Waals surface area contributed by atoms with E-state index in [0.29, 0.717) is 12.0 Å². The van der Waals surface area contributed by atoms with E-state index >= 15 is 0 Å². The maximum atomic E-state index is 6.01. The van der Waals surface area contributed by atoms with Gasteiger partial charge in [-0.3, -0.25) is 4.98 Å². The lowest BCUT2D eigenvalue weighted by Gasteiger charge is -2.32. The summed E-state index contributed by atoms with van der Waals surface area (Å²) in [6, 6.07) is 8.66. The van der Waals surface area contributed by atoms with Crippen LogP contribution < -0.4 is 5.32 Å². The molecule has 2 aliphatic rings. The van der Waals surface area contributed by atoms with Gasteiger partial charge >= 0.3 is 0 Å². The molecule has 1 saturated heterocycles. The molecule has 122 valence electrons. The first-order valence-electron chi connectivity index (χ1n) is 8.65. The first-order chi connectivity index (χ1) is 11.3. The fraction of sp³-hybridized carbons (Fsp3) is 0.526. The quantitative estimate of drug-likeness (QED) is 0.912. The zero-order valence-electron chi connectivity index (χ0n) is 13.6. The Morgan fingerprint density at radius 3 is 2.83 bits per heavy atom. The lowest BCUT2D eigenvalue weighted by atomic mass is 9.96. The number of nitrogens with zero attached hydrogens (tertiary/aromatic N) is 1. The molecule has 2 aromatic rings. The molecule has 1 saturated carbocycles. The van der Waals surface area contributed by atoms with Gasteiger partial charge in [-0.05, 0) is 55.0 Å². The van der Waals surface area contributed by atoms with E-state index in [2.05, 4.69) is 29.4 Å². The van der Waals surface area contributed by atoms with E-state index in [4.69, 9.17) is 9.15 Å². The molecule has 0 unspecified atom stereocenters. The Hall–Kier alpha value is -1.65. The summed E-state index contributed by atoms with van der Waals surface area (Å²) in [5, 5.41) is 3.63. The topological polar surface area (TPSA) is 47.3 Å². The van der Waals surface area contributed by atoms with Gasteiger partial charge in [-0.25, -0.2) is 0 Å². The Kier molecular flexibility index (Phi) is 4.19. The molecule has 1 aliphatic heterocycles. The van der Waals surface area contributed by atoms with Crippen molar-refractivity contribution in [2.24, 2.45) is 5.92 Å². The minimum atomic E-state index is 0.102. The lowest BCUT2D eigenvalue weighted by Crippen LogP contribution is -2.39. The minimum Gasteiger partial charge on any atom is -0.464 e. The van der Waals surface area contributed by atoms with E-state index in [1.54, 1.807) is 0 Å². The van der Waals surface area contributed by atoms with Crippen LogP contribution in [-0.2, 0) is 11.3 Å². The molecular weight excluding hydrogens is 288 g/mol. The van der Waals surface area contributed by atoms with E-state index < -0.39 is 0 Å². The summed E-state index contributed by atoms with van der Waals surface area (Å²) < 4.78 is 12.0. The Balaban J connectivity index is 1.39. The monoisotopic (exact) mass is 312 g/mol. The fourth-order valence-electron chi connectivity index (χ4n) is 3.51. The van der Waals surface area contributed by atoms with Crippen molar-refractivity contribution >= 4 is 0 Å². The third-order valence-electron chi connectivity index (χ3n) is 5.05. The number of pyridine rings is 1. The van der Waals surface area contributed by atoms with Gasteiger partial charge in [0.25, 0.3) is 0 Å². The first-order valence-corrected chi connectivity index (χ1v) is 8.65. The molecule has 4 nitrogen and oxygen atoms in total. The molecule has 23 heavy (non-hydrogen) atoms. The summed E-state index contributed by atoms with van der Waals surface area (Å²) in [6.45, 7) is 3.87. The SMILES string of the molecule is C[C@@H]1C[C@@H]1c1ccc(CN[C@H]2CCCO[C@@H]2c2ccncc2)o1. The summed E-state index contributed by atoms with van der Waals surface area (Å²) in [4.78, 5) is 4.10. The summed E-state index contributed by atoms with van der Waals surface area (Å²) in [5.41, 5.74) is 1.20. The molecular formula is C19H24N2O2. The highest BCUT2D eigenvalue weighted by Gasteiger charge is 2.36. The zero-order chi connectivity index (χ0) is 15.6. The molecule has 3 heterocycles. The minimum absolute atomic E-state index is 0.102. The van der Waals surface area contributed by atoms with Gasteiger partial charge < -0.3 is 14.5 Å². The van der Waals surface area contributed by atoms with Crippen molar-refractivity contribution in [2.45, 2.75) is 50.8 Å². The van der Waals surface area contributed by atoms with Gasteiger partial charge in [0.2, 0.25) is 0 Å². The van der Waals surface area contributed by atoms with Gasteiger partial charge in [0.1, 0.15) is 11.5 Å². The van der Waals surface area contributed by atoms with Crippen LogP contribution in [0.1, 0.15) is 55.3 Å². The normalized spacial score (nSPS) is 30.3. The van der Waals surface area contributed by atoms with Crippen molar-refractivity contribution in [1.82, 2.24) is 10.3 Å². The average molecular weight is 312 g/mol.